The van der Waals surface area contributed by atoms with Crippen LogP contribution in [0.2, 0.25) is 0 Å². The normalized spacial score (nSPS) is 11.1. The molecule has 0 aliphatic carbocycles. The Hall–Kier alpha value is -2.42. The van der Waals surface area contributed by atoms with Gasteiger partial charge in [0.05, 0.1) is 6.54 Å². The Bertz CT molecular complexity index is 916. The molecule has 0 radical (unpaired) electrons. The fraction of sp³-hybridized carbons (Fsp3) is 0.211. The molecular weight excluding hydrogens is 439 g/mol. The number of benzene rings is 2. The van der Waals surface area contributed by atoms with Gasteiger partial charge in [0.15, 0.2) is 11.8 Å². The number of anilines is 1. The van der Waals surface area contributed by atoms with Crippen molar-refractivity contribution in [2.75, 3.05) is 5.32 Å². The molecule has 4 N–H and O–H groups in total. The number of nitrogens with zero attached hydrogens (tertiary/aromatic N) is 3. The lowest BCUT2D eigenvalue weighted by molar-refractivity contribution is 1.04. The average Bonchev–Trinajstić information content (AvgIpc) is 3.03. The summed E-state index contributed by atoms with van der Waals surface area (Å²) in [6.45, 7) is 6.52. The van der Waals surface area contributed by atoms with Crippen molar-refractivity contribution >= 4 is 35.6 Å². The predicted molar refractivity (Wildman–Crippen MR) is 117 cm³/mol. The molecule has 0 fully saturated rings. The van der Waals surface area contributed by atoms with Crippen molar-refractivity contribution in [2.45, 2.75) is 27.3 Å². The molecule has 0 spiro atoms. The molecule has 0 saturated carbocycles. The number of aromatic nitrogens is 3. The monoisotopic (exact) mass is 462 g/mol. The highest BCUT2D eigenvalue weighted by Gasteiger charge is 2.04. The molecule has 1 heterocycles. The molecule has 0 unspecified atom stereocenters. The van der Waals surface area contributed by atoms with Crippen LogP contribution in [0.15, 0.2) is 47.5 Å². The Labute approximate surface area is 170 Å². The highest BCUT2D eigenvalue weighted by atomic mass is 127. The first-order valence-electron chi connectivity index (χ1n) is 8.14. The van der Waals surface area contributed by atoms with E-state index in [0.29, 0.717) is 18.3 Å². The first kappa shape index (κ1) is 19.9. The van der Waals surface area contributed by atoms with E-state index in [9.17, 15) is 0 Å². The summed E-state index contributed by atoms with van der Waals surface area (Å²) in [6.07, 6.45) is 0. The summed E-state index contributed by atoms with van der Waals surface area (Å²) in [6, 6.07) is 14.1. The van der Waals surface area contributed by atoms with E-state index in [0.717, 1.165) is 22.6 Å². The van der Waals surface area contributed by atoms with E-state index in [2.05, 4.69) is 51.5 Å². The lowest BCUT2D eigenvalue weighted by Crippen LogP contribution is -2.22. The van der Waals surface area contributed by atoms with Crippen LogP contribution in [0.5, 0.6) is 0 Å². The maximum atomic E-state index is 6.00. The Balaban J connectivity index is 0.00000243. The van der Waals surface area contributed by atoms with Gasteiger partial charge in [-0.1, -0.05) is 24.3 Å². The molecule has 0 aliphatic heterocycles. The smallest absolute Gasteiger partial charge is 0.193 e. The summed E-state index contributed by atoms with van der Waals surface area (Å²) in [4.78, 5) is 8.77. The van der Waals surface area contributed by atoms with Crippen LogP contribution < -0.4 is 11.1 Å². The van der Waals surface area contributed by atoms with Crippen LogP contribution in [0.3, 0.4) is 0 Å². The van der Waals surface area contributed by atoms with Crippen molar-refractivity contribution in [1.29, 1.82) is 0 Å². The molecule has 136 valence electrons. The molecule has 2 aromatic carbocycles. The van der Waals surface area contributed by atoms with E-state index >= 15 is 0 Å². The zero-order valence-electron chi connectivity index (χ0n) is 15.1. The van der Waals surface area contributed by atoms with Gasteiger partial charge in [0.25, 0.3) is 0 Å². The number of aromatic amines is 1. The zero-order valence-corrected chi connectivity index (χ0v) is 17.4. The third kappa shape index (κ3) is 5.04. The van der Waals surface area contributed by atoms with Gasteiger partial charge in [-0.2, -0.15) is 5.10 Å². The first-order chi connectivity index (χ1) is 12.0. The third-order valence-electron chi connectivity index (χ3n) is 3.99. The van der Waals surface area contributed by atoms with E-state index in [1.165, 1.54) is 11.1 Å². The number of aliphatic imine (C=N–C) groups is 1. The van der Waals surface area contributed by atoms with Crippen LogP contribution in [-0.2, 0) is 6.54 Å². The van der Waals surface area contributed by atoms with Crippen LogP contribution in [0.25, 0.3) is 11.4 Å². The molecule has 0 atom stereocenters. The SMILES string of the molecule is Cc1nc(-c2cccc(CN=C(N)Nc3ccc(C)c(C)c3)c2)n[nH]1.I. The fourth-order valence-corrected chi connectivity index (χ4v) is 2.46. The van der Waals surface area contributed by atoms with Gasteiger partial charge in [0.2, 0.25) is 0 Å². The molecular formula is C19H23IN6. The van der Waals surface area contributed by atoms with Gasteiger partial charge in [-0.3, -0.25) is 5.10 Å². The number of rotatable bonds is 4. The largest absolute Gasteiger partial charge is 0.370 e. The van der Waals surface area contributed by atoms with Crippen LogP contribution in [0.4, 0.5) is 5.69 Å². The summed E-state index contributed by atoms with van der Waals surface area (Å²) in [5.41, 5.74) is 11.4. The van der Waals surface area contributed by atoms with E-state index in [4.69, 9.17) is 5.73 Å². The summed E-state index contributed by atoms with van der Waals surface area (Å²) < 4.78 is 0. The number of guanidine groups is 1. The fourth-order valence-electron chi connectivity index (χ4n) is 2.46. The quantitative estimate of drug-likeness (QED) is 0.311. The van der Waals surface area contributed by atoms with Crippen molar-refractivity contribution in [3.63, 3.8) is 0 Å². The zero-order chi connectivity index (χ0) is 17.8. The maximum Gasteiger partial charge on any atom is 0.193 e. The van der Waals surface area contributed by atoms with Gasteiger partial charge in [-0.05, 0) is 55.7 Å². The van der Waals surface area contributed by atoms with Gasteiger partial charge in [0.1, 0.15) is 5.82 Å². The van der Waals surface area contributed by atoms with Gasteiger partial charge in [0, 0.05) is 11.3 Å². The van der Waals surface area contributed by atoms with E-state index < -0.39 is 0 Å². The number of halogens is 1. The van der Waals surface area contributed by atoms with Crippen molar-refractivity contribution in [3.05, 3.63) is 65.0 Å². The molecule has 1 aromatic heterocycles. The van der Waals surface area contributed by atoms with Gasteiger partial charge in [-0.15, -0.1) is 24.0 Å². The molecule has 3 rings (SSSR count). The third-order valence-corrected chi connectivity index (χ3v) is 3.99. The second-order valence-electron chi connectivity index (χ2n) is 6.07. The molecule has 3 aromatic rings. The second kappa shape index (κ2) is 8.79. The summed E-state index contributed by atoms with van der Waals surface area (Å²) in [5.74, 6) is 1.87. The van der Waals surface area contributed by atoms with Gasteiger partial charge in [-0.25, -0.2) is 9.98 Å². The number of H-pyrrole nitrogens is 1. The molecule has 6 nitrogen and oxygen atoms in total. The maximum absolute atomic E-state index is 6.00. The number of hydrogen-bond acceptors (Lipinski definition) is 3. The highest BCUT2D eigenvalue weighted by molar-refractivity contribution is 14.0. The van der Waals surface area contributed by atoms with E-state index in [1.54, 1.807) is 0 Å². The average molecular weight is 462 g/mol. The number of aryl methyl sites for hydroxylation is 3. The molecule has 0 aliphatic rings. The van der Waals surface area contributed by atoms with Crippen LogP contribution in [0.1, 0.15) is 22.5 Å². The van der Waals surface area contributed by atoms with Crippen LogP contribution in [0, 0.1) is 20.8 Å². The minimum Gasteiger partial charge on any atom is -0.370 e. The van der Waals surface area contributed by atoms with E-state index in [-0.39, 0.29) is 24.0 Å². The van der Waals surface area contributed by atoms with Gasteiger partial charge >= 0.3 is 0 Å². The highest BCUT2D eigenvalue weighted by Crippen LogP contribution is 2.17. The Morgan fingerprint density at radius 2 is 1.92 bits per heavy atom. The second-order valence-corrected chi connectivity index (χ2v) is 6.07. The Kier molecular flexibility index (Phi) is 6.73. The first-order valence-corrected chi connectivity index (χ1v) is 8.14. The lowest BCUT2D eigenvalue weighted by atomic mass is 10.1. The van der Waals surface area contributed by atoms with Crippen molar-refractivity contribution in [2.24, 2.45) is 10.7 Å². The minimum absolute atomic E-state index is 0. The minimum atomic E-state index is 0. The molecule has 0 saturated heterocycles. The van der Waals surface area contributed by atoms with Crippen LogP contribution in [-0.4, -0.2) is 21.1 Å². The lowest BCUT2D eigenvalue weighted by Gasteiger charge is -2.08. The van der Waals surface area contributed by atoms with Crippen LogP contribution >= 0.6 is 24.0 Å². The van der Waals surface area contributed by atoms with Crippen molar-refractivity contribution in [1.82, 2.24) is 15.2 Å². The van der Waals surface area contributed by atoms with Crippen molar-refractivity contribution in [3.8, 4) is 11.4 Å². The standard InChI is InChI=1S/C19H22N6.HI/c1-12-7-8-17(9-13(12)2)23-19(20)21-11-15-5-4-6-16(10-15)18-22-14(3)24-25-18;/h4-10H,11H2,1-3H3,(H3,20,21,23)(H,22,24,25);1H. The predicted octanol–water partition coefficient (Wildman–Crippen LogP) is 3.94. The molecule has 7 heteroatoms. The summed E-state index contributed by atoms with van der Waals surface area (Å²) >= 11 is 0. The molecule has 26 heavy (non-hydrogen) atoms. The molecule has 0 bridgehead atoms. The van der Waals surface area contributed by atoms with Gasteiger partial charge < -0.3 is 11.1 Å². The number of nitrogens with two attached hydrogens (primary N) is 1. The summed E-state index contributed by atoms with van der Waals surface area (Å²) in [7, 11) is 0. The summed E-state index contributed by atoms with van der Waals surface area (Å²) in [5, 5.41) is 10.2. The topological polar surface area (TPSA) is 92.0 Å². The molecule has 0 amide bonds. The van der Waals surface area contributed by atoms with Crippen molar-refractivity contribution < 1.29 is 0 Å². The Morgan fingerprint density at radius 1 is 1.12 bits per heavy atom. The van der Waals surface area contributed by atoms with E-state index in [1.807, 2.05) is 37.3 Å². The Morgan fingerprint density at radius 3 is 2.62 bits per heavy atom. The number of hydrogen-bond donors (Lipinski definition) is 3. The number of nitrogens with one attached hydrogen (secondary N) is 2.